The van der Waals surface area contributed by atoms with E-state index in [9.17, 15) is 9.59 Å². The Morgan fingerprint density at radius 2 is 2.00 bits per heavy atom. The maximum Gasteiger partial charge on any atom is 0.341 e. The van der Waals surface area contributed by atoms with Gasteiger partial charge in [0.05, 0.1) is 22.4 Å². The second kappa shape index (κ2) is 12.5. The molecule has 198 valence electrons. The molecule has 0 bridgehead atoms. The predicted molar refractivity (Wildman–Crippen MR) is 147 cm³/mol. The first-order valence-electron chi connectivity index (χ1n) is 12.0. The molecule has 4 rings (SSSR count). The monoisotopic (exact) mass is 582 g/mol. The van der Waals surface area contributed by atoms with Gasteiger partial charge in [0.1, 0.15) is 17.4 Å². The maximum absolute atomic E-state index is 12.9. The van der Waals surface area contributed by atoms with E-state index in [-0.39, 0.29) is 30.3 Å². The molecular formula is C25H28Cl2N4O4S2. The minimum Gasteiger partial charge on any atom is -0.484 e. The summed E-state index contributed by atoms with van der Waals surface area (Å²) in [6.45, 7) is 6.37. The van der Waals surface area contributed by atoms with Gasteiger partial charge in [-0.3, -0.25) is 4.79 Å². The number of aromatic nitrogens is 3. The topological polar surface area (TPSA) is 95.3 Å². The lowest BCUT2D eigenvalue weighted by Gasteiger charge is -2.14. The van der Waals surface area contributed by atoms with Crippen LogP contribution in [0.2, 0.25) is 10.0 Å². The Kier molecular flexibility index (Phi) is 9.39. The van der Waals surface area contributed by atoms with Gasteiger partial charge in [-0.2, -0.15) is 0 Å². The number of aryl methyl sites for hydroxylation is 1. The number of hydrogen-bond acceptors (Lipinski definition) is 8. The molecule has 1 N–H and O–H groups in total. The van der Waals surface area contributed by atoms with Gasteiger partial charge in [0.25, 0.3) is 0 Å². The van der Waals surface area contributed by atoms with Crippen molar-refractivity contribution in [3.63, 3.8) is 0 Å². The Morgan fingerprint density at radius 1 is 1.22 bits per heavy atom. The molecule has 1 amide bonds. The van der Waals surface area contributed by atoms with Gasteiger partial charge >= 0.3 is 5.97 Å². The van der Waals surface area contributed by atoms with Crippen molar-refractivity contribution < 1.29 is 19.1 Å². The number of carbonyl (C=O) groups excluding carboxylic acids is 2. The van der Waals surface area contributed by atoms with Crippen LogP contribution in [-0.2, 0) is 35.5 Å². The van der Waals surface area contributed by atoms with Gasteiger partial charge in [-0.1, -0.05) is 35.0 Å². The SMILES string of the molecule is CCn1c(COc2ccc(Cl)cc2Cl)nnc1SCC(=O)Nc1sc2c(c1C(=O)OC(C)C)CCCC2. The molecular weight excluding hydrogens is 555 g/mol. The molecule has 0 saturated carbocycles. The van der Waals surface area contributed by atoms with Crippen LogP contribution in [0.5, 0.6) is 5.75 Å². The van der Waals surface area contributed by atoms with E-state index in [1.54, 1.807) is 18.2 Å². The highest BCUT2D eigenvalue weighted by Crippen LogP contribution is 2.39. The van der Waals surface area contributed by atoms with Gasteiger partial charge in [-0.15, -0.1) is 21.5 Å². The number of esters is 1. The highest BCUT2D eigenvalue weighted by molar-refractivity contribution is 7.99. The van der Waals surface area contributed by atoms with Crippen molar-refractivity contribution in [1.82, 2.24) is 14.8 Å². The zero-order valence-corrected chi connectivity index (χ0v) is 24.0. The Balaban J connectivity index is 1.41. The van der Waals surface area contributed by atoms with Crippen molar-refractivity contribution in [2.24, 2.45) is 0 Å². The van der Waals surface area contributed by atoms with E-state index < -0.39 is 0 Å². The van der Waals surface area contributed by atoms with Crippen LogP contribution in [0.15, 0.2) is 23.4 Å². The second-order valence-corrected chi connectivity index (χ2v) is 11.6. The number of amides is 1. The van der Waals surface area contributed by atoms with E-state index >= 15 is 0 Å². The fourth-order valence-corrected chi connectivity index (χ4v) is 6.60. The number of thioether (sulfide) groups is 1. The molecule has 0 aliphatic heterocycles. The van der Waals surface area contributed by atoms with Crippen molar-refractivity contribution in [2.75, 3.05) is 11.1 Å². The number of hydrogen-bond donors (Lipinski definition) is 1. The number of fused-ring (bicyclic) bond motifs is 1. The van der Waals surface area contributed by atoms with Gasteiger partial charge in [-0.25, -0.2) is 4.79 Å². The van der Waals surface area contributed by atoms with Crippen LogP contribution in [0.4, 0.5) is 5.00 Å². The van der Waals surface area contributed by atoms with Crippen LogP contribution in [0.1, 0.15) is 60.2 Å². The summed E-state index contributed by atoms with van der Waals surface area (Å²) in [5.41, 5.74) is 1.52. The highest BCUT2D eigenvalue weighted by atomic mass is 35.5. The Labute approximate surface area is 234 Å². The summed E-state index contributed by atoms with van der Waals surface area (Å²) in [5.74, 6) is 0.618. The Hall–Kier alpha value is -2.27. The third-order valence-corrected chi connectivity index (χ3v) is 8.37. The van der Waals surface area contributed by atoms with E-state index in [1.165, 1.54) is 23.1 Å². The molecule has 1 aliphatic carbocycles. The fourth-order valence-electron chi connectivity index (χ4n) is 4.02. The minimum absolute atomic E-state index is 0.114. The van der Waals surface area contributed by atoms with Crippen LogP contribution < -0.4 is 10.1 Å². The molecule has 1 aromatic carbocycles. The van der Waals surface area contributed by atoms with Crippen LogP contribution >= 0.6 is 46.3 Å². The molecule has 0 fully saturated rings. The average molecular weight is 584 g/mol. The van der Waals surface area contributed by atoms with E-state index in [0.717, 1.165) is 36.1 Å². The lowest BCUT2D eigenvalue weighted by atomic mass is 9.95. The lowest BCUT2D eigenvalue weighted by Crippen LogP contribution is -2.19. The molecule has 0 saturated heterocycles. The van der Waals surface area contributed by atoms with E-state index in [0.29, 0.717) is 43.9 Å². The van der Waals surface area contributed by atoms with Gasteiger partial charge in [0.15, 0.2) is 11.0 Å². The number of nitrogens with zero attached hydrogens (tertiary/aromatic N) is 3. The largest absolute Gasteiger partial charge is 0.484 e. The molecule has 0 spiro atoms. The summed E-state index contributed by atoms with van der Waals surface area (Å²) in [7, 11) is 0. The molecule has 3 aromatic rings. The number of thiophene rings is 1. The first-order chi connectivity index (χ1) is 17.8. The van der Waals surface area contributed by atoms with Gasteiger partial charge in [-0.05, 0) is 70.2 Å². The number of halogens is 2. The molecule has 2 aromatic heterocycles. The Morgan fingerprint density at radius 3 is 2.73 bits per heavy atom. The van der Waals surface area contributed by atoms with Gasteiger partial charge in [0.2, 0.25) is 5.91 Å². The number of ether oxygens (including phenoxy) is 2. The van der Waals surface area contributed by atoms with Crippen LogP contribution in [0.3, 0.4) is 0 Å². The first kappa shape index (κ1) is 27.8. The first-order valence-corrected chi connectivity index (χ1v) is 14.6. The van der Waals surface area contributed by atoms with Crippen LogP contribution in [0, 0.1) is 0 Å². The van der Waals surface area contributed by atoms with Crippen LogP contribution in [-0.4, -0.2) is 38.5 Å². The van der Waals surface area contributed by atoms with Crippen molar-refractivity contribution in [2.45, 2.75) is 70.9 Å². The standard InChI is InChI=1S/C25H28Cl2N4O4S2/c1-4-31-20(12-34-18-10-9-15(26)11-17(18)27)29-30-25(31)36-13-21(32)28-23-22(24(33)35-14(2)3)16-7-5-6-8-19(16)37-23/h9-11,14H,4-8,12-13H2,1-3H3,(H,28,32). The Bertz CT molecular complexity index is 1290. The molecule has 2 heterocycles. The number of benzene rings is 1. The lowest BCUT2D eigenvalue weighted by molar-refractivity contribution is -0.113. The zero-order valence-electron chi connectivity index (χ0n) is 20.8. The number of nitrogens with one attached hydrogen (secondary N) is 1. The van der Waals surface area contributed by atoms with Gasteiger partial charge in [0, 0.05) is 16.4 Å². The predicted octanol–water partition coefficient (Wildman–Crippen LogP) is 6.42. The maximum atomic E-state index is 12.9. The summed E-state index contributed by atoms with van der Waals surface area (Å²) < 4.78 is 13.2. The van der Waals surface area contributed by atoms with E-state index in [1.807, 2.05) is 25.3 Å². The summed E-state index contributed by atoms with van der Waals surface area (Å²) >= 11 is 14.9. The minimum atomic E-state index is -0.381. The van der Waals surface area contributed by atoms with Crippen LogP contribution in [0.25, 0.3) is 0 Å². The van der Waals surface area contributed by atoms with Crippen molar-refractivity contribution in [1.29, 1.82) is 0 Å². The van der Waals surface area contributed by atoms with Gasteiger partial charge < -0.3 is 19.4 Å². The average Bonchev–Trinajstić information content (AvgIpc) is 3.41. The molecule has 0 radical (unpaired) electrons. The molecule has 8 nitrogen and oxygen atoms in total. The number of anilines is 1. The molecule has 0 atom stereocenters. The summed E-state index contributed by atoms with van der Waals surface area (Å²) in [5, 5.41) is 13.5. The molecule has 12 heteroatoms. The number of carbonyl (C=O) groups is 2. The van der Waals surface area contributed by atoms with E-state index in [2.05, 4.69) is 15.5 Å². The highest BCUT2D eigenvalue weighted by Gasteiger charge is 2.28. The summed E-state index contributed by atoms with van der Waals surface area (Å²) in [4.78, 5) is 26.9. The van der Waals surface area contributed by atoms with Crippen molar-refractivity contribution >= 4 is 63.2 Å². The third kappa shape index (κ3) is 6.79. The summed E-state index contributed by atoms with van der Waals surface area (Å²) in [6, 6.07) is 5.01. The zero-order chi connectivity index (χ0) is 26.5. The smallest absolute Gasteiger partial charge is 0.341 e. The fraction of sp³-hybridized carbons (Fsp3) is 0.440. The molecule has 37 heavy (non-hydrogen) atoms. The van der Waals surface area contributed by atoms with Crippen molar-refractivity contribution in [3.05, 3.63) is 50.1 Å². The summed E-state index contributed by atoms with van der Waals surface area (Å²) in [6.07, 6.45) is 3.61. The second-order valence-electron chi connectivity index (χ2n) is 8.71. The third-order valence-electron chi connectivity index (χ3n) is 5.66. The molecule has 0 unspecified atom stereocenters. The normalized spacial score (nSPS) is 12.9. The quantitative estimate of drug-likeness (QED) is 0.217. The molecule has 1 aliphatic rings. The van der Waals surface area contributed by atoms with E-state index in [4.69, 9.17) is 32.7 Å². The number of rotatable bonds is 10. The van der Waals surface area contributed by atoms with Crippen molar-refractivity contribution in [3.8, 4) is 5.75 Å².